The molecule has 3 heteroatoms. The van der Waals surface area contributed by atoms with Gasteiger partial charge in [0.05, 0.1) is 0 Å². The summed E-state index contributed by atoms with van der Waals surface area (Å²) in [6, 6.07) is 0. The molecule has 0 bridgehead atoms. The first-order valence-corrected chi connectivity index (χ1v) is 17.6. The van der Waals surface area contributed by atoms with Gasteiger partial charge in [-0.1, -0.05) is 38.5 Å². The van der Waals surface area contributed by atoms with E-state index in [0.717, 1.165) is 35.5 Å². The van der Waals surface area contributed by atoms with Crippen LogP contribution in [-0.2, 0) is 20.8 Å². The van der Waals surface area contributed by atoms with Crippen molar-refractivity contribution in [3.05, 3.63) is 14.9 Å². The Bertz CT molecular complexity index is 391. The van der Waals surface area contributed by atoms with E-state index < -0.39 is 20.8 Å². The molecule has 0 radical (unpaired) electrons. The van der Waals surface area contributed by atoms with Crippen LogP contribution < -0.4 is 0 Å². The van der Waals surface area contributed by atoms with Crippen molar-refractivity contribution in [2.24, 2.45) is 47.3 Å². The van der Waals surface area contributed by atoms with Gasteiger partial charge in [-0.05, 0) is 98.7 Å². The average molecular weight is 493 g/mol. The first-order valence-electron chi connectivity index (χ1n) is 11.3. The fourth-order valence-electron chi connectivity index (χ4n) is 8.39. The molecule has 0 nitrogen and oxygen atoms in total. The number of fused-ring (bicyclic) bond motifs is 6. The zero-order valence-electron chi connectivity index (χ0n) is 17.8. The number of rotatable bonds is 0. The summed E-state index contributed by atoms with van der Waals surface area (Å²) < 4.78 is 0. The van der Waals surface area contributed by atoms with Crippen molar-refractivity contribution in [3.8, 4) is 0 Å². The molecule has 0 aliphatic heterocycles. The van der Waals surface area contributed by atoms with Crippen LogP contribution in [0.25, 0.3) is 0 Å². The first-order chi connectivity index (χ1) is 12.3. The van der Waals surface area contributed by atoms with Gasteiger partial charge in [-0.3, -0.25) is 0 Å². The third kappa shape index (κ3) is 5.39. The molecule has 0 amide bonds. The summed E-state index contributed by atoms with van der Waals surface area (Å²) in [6.45, 7) is 0. The van der Waals surface area contributed by atoms with Crippen LogP contribution in [0.3, 0.4) is 0 Å². The molecule has 0 N–H and O–H groups in total. The van der Waals surface area contributed by atoms with Gasteiger partial charge in [0.25, 0.3) is 0 Å². The molecule has 27 heavy (non-hydrogen) atoms. The van der Waals surface area contributed by atoms with Crippen molar-refractivity contribution in [2.45, 2.75) is 89.9 Å². The van der Waals surface area contributed by atoms with E-state index in [4.69, 9.17) is 17.0 Å². The molecule has 5 saturated carbocycles. The summed E-state index contributed by atoms with van der Waals surface area (Å²) in [5.74, 6) is 9.27. The third-order valence-corrected chi connectivity index (χ3v) is 9.20. The van der Waals surface area contributed by atoms with Gasteiger partial charge in [-0.15, -0.1) is 0 Å². The average Bonchev–Trinajstić information content (AvgIpc) is 3.14. The zero-order chi connectivity index (χ0) is 17.2. The Kier molecular flexibility index (Phi) is 10.8. The monoisotopic (exact) mass is 490 g/mol. The number of hydrogen-bond acceptors (Lipinski definition) is 0. The van der Waals surface area contributed by atoms with E-state index >= 15 is 0 Å². The van der Waals surface area contributed by atoms with Gasteiger partial charge in [-0.25, -0.2) is 0 Å². The van der Waals surface area contributed by atoms with Gasteiger partial charge < -0.3 is 14.9 Å². The van der Waals surface area contributed by atoms with E-state index in [1.807, 2.05) is 0 Å². The summed E-state index contributed by atoms with van der Waals surface area (Å²) in [6.07, 6.45) is 22.4. The maximum absolute atomic E-state index is 4.93. The molecule has 0 aromatic heterocycles. The van der Waals surface area contributed by atoms with Crippen LogP contribution in [0.4, 0.5) is 0 Å². The molecule has 5 aliphatic carbocycles. The standard InChI is InChI=1S/C22H36.2CH3.2ClH.Zr/c1-3-7-19-15(5-1)13-17-9-10-18-14-16-6-2-4-8-20(16)22(18)12-11-21(17)19;;;;;/h15-22H,1-14H2;2*1H3;2*1H;/q;2*-1;;;+4/p-2. The molecule has 0 spiro atoms. The summed E-state index contributed by atoms with van der Waals surface area (Å²) in [5, 5.41) is 0. The van der Waals surface area contributed by atoms with Gasteiger partial charge in [0.1, 0.15) is 0 Å². The van der Waals surface area contributed by atoms with Crippen molar-refractivity contribution >= 4 is 17.0 Å². The number of halogens is 2. The molecule has 5 fully saturated rings. The molecule has 5 aliphatic rings. The van der Waals surface area contributed by atoms with Crippen LogP contribution in [0.5, 0.6) is 0 Å². The van der Waals surface area contributed by atoms with Crippen LogP contribution in [0.2, 0.25) is 0 Å². The summed E-state index contributed by atoms with van der Waals surface area (Å²) in [4.78, 5) is 0. The van der Waals surface area contributed by atoms with E-state index in [0.29, 0.717) is 0 Å². The molecular weight excluding hydrogens is 450 g/mol. The van der Waals surface area contributed by atoms with Crippen molar-refractivity contribution in [1.82, 2.24) is 0 Å². The molecule has 0 saturated heterocycles. The molecule has 0 heterocycles. The van der Waals surface area contributed by atoms with Gasteiger partial charge in [0.15, 0.2) is 0 Å². The molecule has 5 rings (SSSR count). The van der Waals surface area contributed by atoms with Crippen LogP contribution in [0.1, 0.15) is 89.9 Å². The Morgan fingerprint density at radius 2 is 0.741 bits per heavy atom. The van der Waals surface area contributed by atoms with Crippen LogP contribution in [0, 0.1) is 62.2 Å². The fourth-order valence-corrected chi connectivity index (χ4v) is 8.39. The van der Waals surface area contributed by atoms with Crippen LogP contribution in [-0.4, -0.2) is 0 Å². The van der Waals surface area contributed by atoms with E-state index in [1.54, 1.807) is 89.9 Å². The second kappa shape index (κ2) is 11.7. The Labute approximate surface area is 189 Å². The Balaban J connectivity index is 0.000000493. The number of hydrogen-bond donors (Lipinski definition) is 0. The van der Waals surface area contributed by atoms with Gasteiger partial charge >= 0.3 is 37.9 Å². The SMILES string of the molecule is C1CCC2C(C1)CC1CCC3CC4CCCCC4C3CCC12.[CH3-].[CH3-].[Cl][Zr+2][Cl]. The Hall–Kier alpha value is 1.46. The molecule has 0 aromatic carbocycles. The summed E-state index contributed by atoms with van der Waals surface area (Å²) in [7, 11) is 9.87. The predicted octanol–water partition coefficient (Wildman–Crippen LogP) is 8.72. The Morgan fingerprint density at radius 1 is 0.444 bits per heavy atom. The summed E-state index contributed by atoms with van der Waals surface area (Å²) in [5.41, 5.74) is 0. The van der Waals surface area contributed by atoms with E-state index in [2.05, 4.69) is 0 Å². The third-order valence-electron chi connectivity index (χ3n) is 9.20. The van der Waals surface area contributed by atoms with Crippen LogP contribution >= 0.6 is 17.0 Å². The second-order valence-corrected chi connectivity index (χ2v) is 13.7. The zero-order valence-corrected chi connectivity index (χ0v) is 21.7. The normalized spacial score (nSPS) is 44.8. The topological polar surface area (TPSA) is 0 Å². The molecule has 8 unspecified atom stereocenters. The Morgan fingerprint density at radius 3 is 1.15 bits per heavy atom. The summed E-state index contributed by atoms with van der Waals surface area (Å²) >= 11 is -0.826. The van der Waals surface area contributed by atoms with Crippen molar-refractivity contribution in [2.75, 3.05) is 0 Å². The maximum atomic E-state index is 4.93. The van der Waals surface area contributed by atoms with E-state index in [-0.39, 0.29) is 14.9 Å². The van der Waals surface area contributed by atoms with Crippen molar-refractivity contribution in [1.29, 1.82) is 0 Å². The van der Waals surface area contributed by atoms with Gasteiger partial charge in [0, 0.05) is 0 Å². The molecular formula is C24H42Cl2Zr. The first kappa shape index (κ1) is 24.7. The van der Waals surface area contributed by atoms with E-state index in [9.17, 15) is 0 Å². The molecule has 0 aromatic rings. The quantitative estimate of drug-likeness (QED) is 0.297. The van der Waals surface area contributed by atoms with Gasteiger partial charge in [-0.2, -0.15) is 0 Å². The second-order valence-electron chi connectivity index (χ2n) is 9.96. The fraction of sp³-hybridized carbons (Fsp3) is 0.917. The van der Waals surface area contributed by atoms with Crippen LogP contribution in [0.15, 0.2) is 0 Å². The molecule has 8 atom stereocenters. The minimum absolute atomic E-state index is 0. The molecule has 156 valence electrons. The van der Waals surface area contributed by atoms with E-state index in [1.165, 1.54) is 11.8 Å². The van der Waals surface area contributed by atoms with Gasteiger partial charge in [0.2, 0.25) is 0 Å². The minimum atomic E-state index is -0.826. The predicted molar refractivity (Wildman–Crippen MR) is 117 cm³/mol. The van der Waals surface area contributed by atoms with Crippen molar-refractivity contribution in [3.63, 3.8) is 0 Å². The van der Waals surface area contributed by atoms with Crippen molar-refractivity contribution < 1.29 is 20.8 Å².